The molecule has 0 aliphatic carbocycles. The van der Waals surface area contributed by atoms with E-state index in [4.69, 9.17) is 0 Å². The van der Waals surface area contributed by atoms with Crippen molar-refractivity contribution in [3.63, 3.8) is 0 Å². The van der Waals surface area contributed by atoms with Crippen molar-refractivity contribution in [2.75, 3.05) is 0 Å². The fraction of sp³-hybridized carbons (Fsp3) is 0.350. The monoisotopic (exact) mass is 295 g/mol. The van der Waals surface area contributed by atoms with Crippen molar-refractivity contribution < 1.29 is 4.79 Å². The molecule has 2 aromatic carbocycles. The molecular formula is C20H25NO. The van der Waals surface area contributed by atoms with Crippen molar-refractivity contribution in [1.82, 2.24) is 5.32 Å². The second-order valence-corrected chi connectivity index (χ2v) is 5.85. The number of carbonyl (C=O) groups is 1. The molecule has 1 amide bonds. The summed E-state index contributed by atoms with van der Waals surface area (Å²) in [5.74, 6) is 0.207. The highest BCUT2D eigenvalue weighted by atomic mass is 16.1. The lowest BCUT2D eigenvalue weighted by Gasteiger charge is -2.22. The van der Waals surface area contributed by atoms with Gasteiger partial charge in [0.1, 0.15) is 0 Å². The van der Waals surface area contributed by atoms with E-state index >= 15 is 0 Å². The second-order valence-electron chi connectivity index (χ2n) is 5.85. The lowest BCUT2D eigenvalue weighted by molar-refractivity contribution is -0.125. The Labute approximate surface area is 133 Å². The Hall–Kier alpha value is -2.09. The van der Waals surface area contributed by atoms with Gasteiger partial charge in [-0.2, -0.15) is 0 Å². The Morgan fingerprint density at radius 3 is 2.18 bits per heavy atom. The molecule has 0 heterocycles. The van der Waals surface area contributed by atoms with E-state index in [1.54, 1.807) is 0 Å². The third kappa shape index (κ3) is 4.73. The number of benzene rings is 2. The second kappa shape index (κ2) is 8.38. The van der Waals surface area contributed by atoms with E-state index in [0.717, 1.165) is 24.8 Å². The van der Waals surface area contributed by atoms with Gasteiger partial charge in [-0.3, -0.25) is 4.79 Å². The zero-order valence-corrected chi connectivity index (χ0v) is 13.5. The molecule has 0 bridgehead atoms. The average Bonchev–Trinajstić information content (AvgIpc) is 2.56. The highest BCUT2D eigenvalue weighted by Gasteiger charge is 2.18. The largest absolute Gasteiger partial charge is 0.349 e. The Bertz CT molecular complexity index is 565. The van der Waals surface area contributed by atoms with E-state index < -0.39 is 0 Å². The first kappa shape index (κ1) is 16.3. The number of hydrogen-bond donors (Lipinski definition) is 1. The van der Waals surface area contributed by atoms with Crippen molar-refractivity contribution in [3.05, 3.63) is 71.8 Å². The maximum Gasteiger partial charge on any atom is 0.223 e. The third-order valence-corrected chi connectivity index (χ3v) is 3.97. The summed E-state index contributed by atoms with van der Waals surface area (Å²) in [5.41, 5.74) is 2.39. The molecule has 2 atom stereocenters. The van der Waals surface area contributed by atoms with Crippen LogP contribution in [0, 0.1) is 5.92 Å². The Kier molecular flexibility index (Phi) is 6.20. The van der Waals surface area contributed by atoms with E-state index in [2.05, 4.69) is 36.5 Å². The predicted molar refractivity (Wildman–Crippen MR) is 91.5 cm³/mol. The first-order chi connectivity index (χ1) is 10.7. The summed E-state index contributed by atoms with van der Waals surface area (Å²) in [6, 6.07) is 20.6. The number of carbonyl (C=O) groups excluding carboxylic acids is 1. The van der Waals surface area contributed by atoms with Crippen LogP contribution in [0.5, 0.6) is 0 Å². The summed E-state index contributed by atoms with van der Waals surface area (Å²) in [7, 11) is 0. The van der Waals surface area contributed by atoms with Crippen molar-refractivity contribution in [1.29, 1.82) is 0 Å². The molecule has 0 spiro atoms. The van der Waals surface area contributed by atoms with E-state index in [-0.39, 0.29) is 17.9 Å². The molecule has 2 heteroatoms. The van der Waals surface area contributed by atoms with Gasteiger partial charge in [0.05, 0.1) is 6.04 Å². The lowest BCUT2D eigenvalue weighted by atomic mass is 9.97. The summed E-state index contributed by atoms with van der Waals surface area (Å²) in [4.78, 5) is 12.4. The third-order valence-electron chi connectivity index (χ3n) is 3.97. The van der Waals surface area contributed by atoms with Crippen molar-refractivity contribution >= 4 is 5.91 Å². The van der Waals surface area contributed by atoms with Gasteiger partial charge < -0.3 is 5.32 Å². The fourth-order valence-electron chi connectivity index (χ4n) is 2.67. The predicted octanol–water partition coefficient (Wildman–Crippen LogP) is 4.52. The van der Waals surface area contributed by atoms with Crippen LogP contribution in [0.2, 0.25) is 0 Å². The maximum absolute atomic E-state index is 12.4. The van der Waals surface area contributed by atoms with E-state index in [1.807, 2.05) is 43.3 Å². The number of amides is 1. The molecular weight excluding hydrogens is 270 g/mol. The normalized spacial score (nSPS) is 13.4. The van der Waals surface area contributed by atoms with Crippen molar-refractivity contribution in [2.24, 2.45) is 5.92 Å². The van der Waals surface area contributed by atoms with Crippen molar-refractivity contribution in [2.45, 2.75) is 39.2 Å². The van der Waals surface area contributed by atoms with E-state index in [9.17, 15) is 4.79 Å². The molecule has 0 radical (unpaired) electrons. The SMILES string of the molecule is CCCC(C)C(=O)NC(Cc1ccccc1)c1ccccc1. The van der Waals surface area contributed by atoms with E-state index in [0.29, 0.717) is 0 Å². The molecule has 0 aliphatic rings. The van der Waals surface area contributed by atoms with Crippen LogP contribution in [0.15, 0.2) is 60.7 Å². The topological polar surface area (TPSA) is 29.1 Å². The molecule has 0 aliphatic heterocycles. The van der Waals surface area contributed by atoms with Gasteiger partial charge in [0.2, 0.25) is 5.91 Å². The van der Waals surface area contributed by atoms with Crippen LogP contribution in [0.25, 0.3) is 0 Å². The summed E-state index contributed by atoms with van der Waals surface area (Å²) in [5, 5.41) is 3.23. The van der Waals surface area contributed by atoms with Gasteiger partial charge in [0.25, 0.3) is 0 Å². The van der Waals surface area contributed by atoms with Crippen LogP contribution in [0.3, 0.4) is 0 Å². The first-order valence-electron chi connectivity index (χ1n) is 8.10. The van der Waals surface area contributed by atoms with Gasteiger partial charge >= 0.3 is 0 Å². The van der Waals surface area contributed by atoms with Crippen LogP contribution in [0.4, 0.5) is 0 Å². The molecule has 2 rings (SSSR count). The average molecular weight is 295 g/mol. The number of nitrogens with one attached hydrogen (secondary N) is 1. The summed E-state index contributed by atoms with van der Waals surface area (Å²) < 4.78 is 0. The maximum atomic E-state index is 12.4. The van der Waals surface area contributed by atoms with Crippen LogP contribution in [-0.4, -0.2) is 5.91 Å². The Morgan fingerprint density at radius 1 is 1.00 bits per heavy atom. The molecule has 1 N–H and O–H groups in total. The first-order valence-corrected chi connectivity index (χ1v) is 8.10. The summed E-state index contributed by atoms with van der Waals surface area (Å²) in [6.07, 6.45) is 2.78. The smallest absolute Gasteiger partial charge is 0.223 e. The molecule has 116 valence electrons. The zero-order chi connectivity index (χ0) is 15.8. The molecule has 2 nitrogen and oxygen atoms in total. The minimum Gasteiger partial charge on any atom is -0.349 e. The van der Waals surface area contributed by atoms with Crippen LogP contribution in [-0.2, 0) is 11.2 Å². The molecule has 22 heavy (non-hydrogen) atoms. The Morgan fingerprint density at radius 2 is 1.59 bits per heavy atom. The number of rotatable bonds is 7. The number of hydrogen-bond acceptors (Lipinski definition) is 1. The van der Waals surface area contributed by atoms with Gasteiger partial charge in [0, 0.05) is 5.92 Å². The summed E-state index contributed by atoms with van der Waals surface area (Å²) in [6.45, 7) is 4.12. The highest BCUT2D eigenvalue weighted by molar-refractivity contribution is 5.78. The summed E-state index contributed by atoms with van der Waals surface area (Å²) >= 11 is 0. The van der Waals surface area contributed by atoms with Crippen LogP contribution >= 0.6 is 0 Å². The van der Waals surface area contributed by atoms with E-state index in [1.165, 1.54) is 5.56 Å². The quantitative estimate of drug-likeness (QED) is 0.799. The van der Waals surface area contributed by atoms with Gasteiger partial charge in [-0.05, 0) is 24.0 Å². The van der Waals surface area contributed by atoms with Gasteiger partial charge in [-0.15, -0.1) is 0 Å². The van der Waals surface area contributed by atoms with Gasteiger partial charge in [-0.1, -0.05) is 80.9 Å². The molecule has 0 saturated heterocycles. The Balaban J connectivity index is 2.13. The molecule has 0 fully saturated rings. The van der Waals surface area contributed by atoms with Crippen LogP contribution in [0.1, 0.15) is 43.9 Å². The minimum atomic E-state index is 0.0235. The van der Waals surface area contributed by atoms with Gasteiger partial charge in [-0.25, -0.2) is 0 Å². The molecule has 2 aromatic rings. The highest BCUT2D eigenvalue weighted by Crippen LogP contribution is 2.19. The van der Waals surface area contributed by atoms with Crippen LogP contribution < -0.4 is 5.32 Å². The standard InChI is InChI=1S/C20H25NO/c1-3-10-16(2)20(22)21-19(18-13-8-5-9-14-18)15-17-11-6-4-7-12-17/h4-9,11-14,16,19H,3,10,15H2,1-2H3,(H,21,22). The lowest BCUT2D eigenvalue weighted by Crippen LogP contribution is -2.34. The molecule has 0 saturated carbocycles. The minimum absolute atomic E-state index is 0.0235. The fourth-order valence-corrected chi connectivity index (χ4v) is 2.67. The van der Waals surface area contributed by atoms with Gasteiger partial charge in [0.15, 0.2) is 0 Å². The van der Waals surface area contributed by atoms with Crippen molar-refractivity contribution in [3.8, 4) is 0 Å². The zero-order valence-electron chi connectivity index (χ0n) is 13.5. The molecule has 2 unspecified atom stereocenters. The molecule has 0 aromatic heterocycles.